The van der Waals surface area contributed by atoms with Crippen LogP contribution in [0.25, 0.3) is 0 Å². The molecule has 0 saturated carbocycles. The van der Waals surface area contributed by atoms with Crippen LogP contribution in [0.3, 0.4) is 0 Å². The number of hydrogen-bond acceptors (Lipinski definition) is 2. The molecule has 1 atom stereocenters. The normalized spacial score (nSPS) is 14.6. The highest BCUT2D eigenvalue weighted by atomic mass is 19.1. The van der Waals surface area contributed by atoms with Crippen LogP contribution in [-0.2, 0) is 10.2 Å². The quantitative estimate of drug-likeness (QED) is 0.827. The molecule has 1 aromatic rings. The lowest BCUT2D eigenvalue weighted by molar-refractivity contribution is -0.144. The summed E-state index contributed by atoms with van der Waals surface area (Å²) in [5, 5.41) is 9.40. The maximum Gasteiger partial charge on any atom is 0.315 e. The molecule has 0 heterocycles. The van der Waals surface area contributed by atoms with E-state index in [0.29, 0.717) is 6.42 Å². The summed E-state index contributed by atoms with van der Waals surface area (Å²) in [6.45, 7) is 3.68. The minimum atomic E-state index is -1.33. The summed E-state index contributed by atoms with van der Waals surface area (Å²) < 4.78 is 13.8. The van der Waals surface area contributed by atoms with Gasteiger partial charge in [0, 0.05) is 12.1 Å². The molecule has 0 bridgehead atoms. The van der Waals surface area contributed by atoms with Gasteiger partial charge in [0.2, 0.25) is 0 Å². The summed E-state index contributed by atoms with van der Waals surface area (Å²) >= 11 is 0. The van der Waals surface area contributed by atoms with Crippen LogP contribution in [0.4, 0.5) is 4.39 Å². The van der Waals surface area contributed by atoms with Crippen LogP contribution in [0.5, 0.6) is 0 Å². The predicted molar refractivity (Wildman–Crippen MR) is 64.2 cm³/mol. The number of rotatable bonds is 5. The molecule has 1 rings (SSSR count). The summed E-state index contributed by atoms with van der Waals surface area (Å²) in [5.74, 6) is -1.46. The first kappa shape index (κ1) is 13.6. The van der Waals surface area contributed by atoms with E-state index in [1.54, 1.807) is 6.07 Å². The molecular weight excluding hydrogens is 221 g/mol. The molecule has 3 nitrogen and oxygen atoms in total. The SMILES string of the molecule is CC(C)CC(CN)(C(=O)O)c1ccccc1F. The molecule has 4 heteroatoms. The molecule has 0 aliphatic heterocycles. The average Bonchev–Trinajstić information content (AvgIpc) is 2.26. The molecule has 0 aliphatic carbocycles. The fourth-order valence-electron chi connectivity index (χ4n) is 2.14. The van der Waals surface area contributed by atoms with Gasteiger partial charge in [-0.2, -0.15) is 0 Å². The smallest absolute Gasteiger partial charge is 0.315 e. The van der Waals surface area contributed by atoms with Gasteiger partial charge in [-0.05, 0) is 18.4 Å². The van der Waals surface area contributed by atoms with E-state index in [1.165, 1.54) is 18.2 Å². The fraction of sp³-hybridized carbons (Fsp3) is 0.462. The lowest BCUT2D eigenvalue weighted by Crippen LogP contribution is -2.44. The first-order valence-corrected chi connectivity index (χ1v) is 5.62. The minimum Gasteiger partial charge on any atom is -0.481 e. The number of halogens is 1. The van der Waals surface area contributed by atoms with Crippen molar-refractivity contribution in [3.8, 4) is 0 Å². The number of benzene rings is 1. The maximum absolute atomic E-state index is 13.8. The Kier molecular flexibility index (Phi) is 4.23. The van der Waals surface area contributed by atoms with Gasteiger partial charge in [0.15, 0.2) is 0 Å². The molecule has 0 aliphatic rings. The summed E-state index contributed by atoms with van der Waals surface area (Å²) in [4.78, 5) is 11.5. The fourth-order valence-corrected chi connectivity index (χ4v) is 2.14. The zero-order valence-corrected chi connectivity index (χ0v) is 10.1. The van der Waals surface area contributed by atoms with Crippen LogP contribution in [0.2, 0.25) is 0 Å². The largest absolute Gasteiger partial charge is 0.481 e. The van der Waals surface area contributed by atoms with Crippen molar-refractivity contribution < 1.29 is 14.3 Å². The van der Waals surface area contributed by atoms with Crippen molar-refractivity contribution >= 4 is 5.97 Å². The van der Waals surface area contributed by atoms with Crippen LogP contribution in [0.15, 0.2) is 24.3 Å². The van der Waals surface area contributed by atoms with Gasteiger partial charge in [0.1, 0.15) is 11.2 Å². The Morgan fingerprint density at radius 2 is 2.06 bits per heavy atom. The van der Waals surface area contributed by atoms with Crippen molar-refractivity contribution in [2.75, 3.05) is 6.54 Å². The molecule has 0 spiro atoms. The highest BCUT2D eigenvalue weighted by Crippen LogP contribution is 2.32. The van der Waals surface area contributed by atoms with Crippen LogP contribution in [0.1, 0.15) is 25.8 Å². The van der Waals surface area contributed by atoms with E-state index in [0.717, 1.165) is 0 Å². The summed E-state index contributed by atoms with van der Waals surface area (Å²) in [5.41, 5.74) is 4.45. The standard InChI is InChI=1S/C13H18FNO2/c1-9(2)7-13(8-15,12(16)17)10-5-3-4-6-11(10)14/h3-6,9H,7-8,15H2,1-2H3,(H,16,17). The third-order valence-corrected chi connectivity index (χ3v) is 2.90. The zero-order valence-electron chi connectivity index (χ0n) is 10.1. The molecule has 1 unspecified atom stereocenters. The monoisotopic (exact) mass is 239 g/mol. The van der Waals surface area contributed by atoms with Crippen LogP contribution in [-0.4, -0.2) is 17.6 Å². The average molecular weight is 239 g/mol. The molecule has 0 amide bonds. The number of aliphatic carboxylic acids is 1. The number of carboxylic acids is 1. The van der Waals surface area contributed by atoms with Crippen LogP contribution >= 0.6 is 0 Å². The summed E-state index contributed by atoms with van der Waals surface area (Å²) in [6, 6.07) is 5.94. The van der Waals surface area contributed by atoms with Gasteiger partial charge in [-0.3, -0.25) is 4.79 Å². The molecule has 0 aromatic heterocycles. The van der Waals surface area contributed by atoms with Crippen molar-refractivity contribution in [1.82, 2.24) is 0 Å². The van der Waals surface area contributed by atoms with Gasteiger partial charge in [0.05, 0.1) is 0 Å². The molecule has 1 aromatic carbocycles. The molecule has 3 N–H and O–H groups in total. The number of hydrogen-bond donors (Lipinski definition) is 2. The van der Waals surface area contributed by atoms with Gasteiger partial charge in [-0.15, -0.1) is 0 Å². The van der Waals surface area contributed by atoms with Gasteiger partial charge in [-0.1, -0.05) is 32.0 Å². The Balaban J connectivity index is 3.32. The second kappa shape index (κ2) is 5.27. The molecule has 0 fully saturated rings. The Bertz CT molecular complexity index is 406. The van der Waals surface area contributed by atoms with E-state index < -0.39 is 17.2 Å². The number of nitrogens with two attached hydrogens (primary N) is 1. The van der Waals surface area contributed by atoms with E-state index in [9.17, 15) is 14.3 Å². The summed E-state index contributed by atoms with van der Waals surface area (Å²) in [7, 11) is 0. The van der Waals surface area contributed by atoms with E-state index >= 15 is 0 Å². The first-order chi connectivity index (χ1) is 7.94. The number of carbonyl (C=O) groups is 1. The van der Waals surface area contributed by atoms with Crippen molar-refractivity contribution in [3.05, 3.63) is 35.6 Å². The Hall–Kier alpha value is -1.42. The van der Waals surface area contributed by atoms with Gasteiger partial charge >= 0.3 is 5.97 Å². The highest BCUT2D eigenvalue weighted by molar-refractivity contribution is 5.81. The molecule has 0 radical (unpaired) electrons. The Morgan fingerprint density at radius 3 is 2.47 bits per heavy atom. The minimum absolute atomic E-state index is 0.110. The van der Waals surface area contributed by atoms with Crippen molar-refractivity contribution in [1.29, 1.82) is 0 Å². The van der Waals surface area contributed by atoms with Crippen molar-refractivity contribution in [3.63, 3.8) is 0 Å². The predicted octanol–water partition coefficient (Wildman–Crippen LogP) is 2.15. The molecule has 17 heavy (non-hydrogen) atoms. The zero-order chi connectivity index (χ0) is 13.1. The number of carboxylic acid groups (broad SMARTS) is 1. The van der Waals surface area contributed by atoms with E-state index in [-0.39, 0.29) is 18.0 Å². The van der Waals surface area contributed by atoms with Gasteiger partial charge in [-0.25, -0.2) is 4.39 Å². The Morgan fingerprint density at radius 1 is 1.47 bits per heavy atom. The summed E-state index contributed by atoms with van der Waals surface area (Å²) in [6.07, 6.45) is 0.319. The second-order valence-corrected chi connectivity index (χ2v) is 4.67. The van der Waals surface area contributed by atoms with Crippen LogP contribution < -0.4 is 5.73 Å². The molecular formula is C13H18FNO2. The lowest BCUT2D eigenvalue weighted by Gasteiger charge is -2.30. The topological polar surface area (TPSA) is 63.3 Å². The van der Waals surface area contributed by atoms with Crippen molar-refractivity contribution in [2.45, 2.75) is 25.7 Å². The second-order valence-electron chi connectivity index (χ2n) is 4.67. The van der Waals surface area contributed by atoms with E-state index in [4.69, 9.17) is 5.73 Å². The van der Waals surface area contributed by atoms with E-state index in [2.05, 4.69) is 0 Å². The van der Waals surface area contributed by atoms with Crippen molar-refractivity contribution in [2.24, 2.45) is 11.7 Å². The van der Waals surface area contributed by atoms with E-state index in [1.807, 2.05) is 13.8 Å². The highest BCUT2D eigenvalue weighted by Gasteiger charge is 2.41. The molecule has 94 valence electrons. The Labute approximate surface area is 100 Å². The third kappa shape index (κ3) is 2.64. The maximum atomic E-state index is 13.8. The van der Waals surface area contributed by atoms with Crippen LogP contribution in [0, 0.1) is 11.7 Å². The first-order valence-electron chi connectivity index (χ1n) is 5.62. The lowest BCUT2D eigenvalue weighted by atomic mass is 9.74. The molecule has 0 saturated heterocycles. The third-order valence-electron chi connectivity index (χ3n) is 2.90. The van der Waals surface area contributed by atoms with Gasteiger partial charge < -0.3 is 10.8 Å². The van der Waals surface area contributed by atoms with Gasteiger partial charge in [0.25, 0.3) is 0 Å².